The molecule has 1 fully saturated rings. The maximum absolute atomic E-state index is 12.4. The zero-order chi connectivity index (χ0) is 16.9. The fourth-order valence-corrected chi connectivity index (χ4v) is 2.60. The van der Waals surface area contributed by atoms with E-state index in [4.69, 9.17) is 14.0 Å². The number of methoxy groups -OCH3 is 1. The summed E-state index contributed by atoms with van der Waals surface area (Å²) in [7, 11) is 1.52. The average Bonchev–Trinajstić information content (AvgIpc) is 3.08. The maximum atomic E-state index is 12.4. The number of hydrogen-bond donors (Lipinski definition) is 0. The van der Waals surface area contributed by atoms with Gasteiger partial charge in [0.05, 0.1) is 26.0 Å². The topological polar surface area (TPSA) is 90.6 Å². The van der Waals surface area contributed by atoms with Crippen LogP contribution < -0.4 is 4.74 Å². The summed E-state index contributed by atoms with van der Waals surface area (Å²) < 4.78 is 15.8. The molecular weight excluding hydrogens is 312 g/mol. The summed E-state index contributed by atoms with van der Waals surface area (Å²) in [4.78, 5) is 22.7. The van der Waals surface area contributed by atoms with Crippen LogP contribution in [0.25, 0.3) is 0 Å². The van der Waals surface area contributed by atoms with Crippen LogP contribution in [0.1, 0.15) is 29.8 Å². The van der Waals surface area contributed by atoms with Crippen molar-refractivity contribution in [2.45, 2.75) is 25.9 Å². The van der Waals surface area contributed by atoms with Gasteiger partial charge in [-0.05, 0) is 18.1 Å². The van der Waals surface area contributed by atoms with E-state index in [1.807, 2.05) is 13.0 Å². The lowest BCUT2D eigenvalue weighted by Gasteiger charge is -2.32. The average molecular weight is 332 g/mol. The monoisotopic (exact) mass is 332 g/mol. The van der Waals surface area contributed by atoms with E-state index < -0.39 is 0 Å². The highest BCUT2D eigenvalue weighted by Gasteiger charge is 2.26. The van der Waals surface area contributed by atoms with Crippen molar-refractivity contribution in [3.05, 3.63) is 35.6 Å². The number of aryl methyl sites for hydroxylation is 2. The Morgan fingerprint density at radius 1 is 1.50 bits per heavy atom. The standard InChI is InChI=1S/C16H20N4O4/c1-11-17-6-5-13(18-11)14-10-20(7-8-23-14)16(21)4-3-12-9-15(22-2)19-24-12/h5-6,9,14H,3-4,7-8,10H2,1-2H3/t14-/m0/s1. The van der Waals surface area contributed by atoms with Gasteiger partial charge in [-0.25, -0.2) is 9.97 Å². The molecule has 0 spiro atoms. The van der Waals surface area contributed by atoms with Gasteiger partial charge < -0.3 is 18.9 Å². The van der Waals surface area contributed by atoms with Crippen LogP contribution >= 0.6 is 0 Å². The van der Waals surface area contributed by atoms with Gasteiger partial charge in [-0.2, -0.15) is 0 Å². The second kappa shape index (κ2) is 7.39. The van der Waals surface area contributed by atoms with Crippen molar-refractivity contribution >= 4 is 5.91 Å². The Hall–Kier alpha value is -2.48. The fourth-order valence-electron chi connectivity index (χ4n) is 2.60. The molecule has 1 aliphatic heterocycles. The van der Waals surface area contributed by atoms with Crippen molar-refractivity contribution in [3.8, 4) is 5.88 Å². The Morgan fingerprint density at radius 2 is 2.38 bits per heavy atom. The predicted octanol–water partition coefficient (Wildman–Crippen LogP) is 1.31. The first kappa shape index (κ1) is 16.4. The summed E-state index contributed by atoms with van der Waals surface area (Å²) in [5.74, 6) is 1.81. The molecule has 3 rings (SSSR count). The van der Waals surface area contributed by atoms with Crippen molar-refractivity contribution in [2.24, 2.45) is 0 Å². The first-order valence-electron chi connectivity index (χ1n) is 7.84. The van der Waals surface area contributed by atoms with Crippen LogP contribution in [-0.4, -0.2) is 52.7 Å². The summed E-state index contributed by atoms with van der Waals surface area (Å²) in [5.41, 5.74) is 0.806. The Morgan fingerprint density at radius 3 is 3.12 bits per heavy atom. The quantitative estimate of drug-likeness (QED) is 0.815. The van der Waals surface area contributed by atoms with Crippen LogP contribution in [0.3, 0.4) is 0 Å². The van der Waals surface area contributed by atoms with E-state index in [1.54, 1.807) is 17.2 Å². The largest absolute Gasteiger partial charge is 0.479 e. The summed E-state index contributed by atoms with van der Waals surface area (Å²) >= 11 is 0. The van der Waals surface area contributed by atoms with Crippen LogP contribution in [0.15, 0.2) is 22.9 Å². The zero-order valence-electron chi connectivity index (χ0n) is 13.8. The molecule has 0 saturated carbocycles. The number of carbonyl (C=O) groups is 1. The molecule has 0 radical (unpaired) electrons. The van der Waals surface area contributed by atoms with Gasteiger partial charge in [0, 0.05) is 31.6 Å². The highest BCUT2D eigenvalue weighted by Crippen LogP contribution is 2.21. The second-order valence-electron chi connectivity index (χ2n) is 5.56. The number of nitrogens with zero attached hydrogens (tertiary/aromatic N) is 4. The smallest absolute Gasteiger partial charge is 0.254 e. The molecule has 0 unspecified atom stereocenters. The van der Waals surface area contributed by atoms with E-state index in [2.05, 4.69) is 15.1 Å². The zero-order valence-corrected chi connectivity index (χ0v) is 13.8. The van der Waals surface area contributed by atoms with Crippen LogP contribution in [0.4, 0.5) is 0 Å². The number of carbonyl (C=O) groups excluding carboxylic acids is 1. The minimum Gasteiger partial charge on any atom is -0.479 e. The van der Waals surface area contributed by atoms with E-state index >= 15 is 0 Å². The van der Waals surface area contributed by atoms with Gasteiger partial charge in [-0.3, -0.25) is 4.79 Å². The van der Waals surface area contributed by atoms with Gasteiger partial charge in [0.25, 0.3) is 5.88 Å². The minimum atomic E-state index is -0.213. The Kier molecular flexibility index (Phi) is 5.05. The molecule has 3 heterocycles. The molecule has 8 heteroatoms. The maximum Gasteiger partial charge on any atom is 0.254 e. The van der Waals surface area contributed by atoms with E-state index in [-0.39, 0.29) is 12.0 Å². The number of rotatable bonds is 5. The molecule has 1 atom stereocenters. The van der Waals surface area contributed by atoms with Crippen molar-refractivity contribution in [1.29, 1.82) is 0 Å². The third-order valence-corrected chi connectivity index (χ3v) is 3.88. The lowest BCUT2D eigenvalue weighted by Crippen LogP contribution is -2.42. The highest BCUT2D eigenvalue weighted by atomic mass is 16.5. The Bertz CT molecular complexity index is 703. The Labute approximate surface area is 139 Å². The van der Waals surface area contributed by atoms with Crippen LogP contribution in [0.2, 0.25) is 0 Å². The van der Waals surface area contributed by atoms with Gasteiger partial charge in [0.2, 0.25) is 5.91 Å². The first-order valence-corrected chi connectivity index (χ1v) is 7.84. The first-order chi connectivity index (χ1) is 11.7. The van der Waals surface area contributed by atoms with E-state index in [1.165, 1.54) is 7.11 Å². The molecular formula is C16H20N4O4. The molecule has 0 bridgehead atoms. The third kappa shape index (κ3) is 3.88. The van der Waals surface area contributed by atoms with Gasteiger partial charge in [0.1, 0.15) is 17.7 Å². The number of aromatic nitrogens is 3. The summed E-state index contributed by atoms with van der Waals surface area (Å²) in [5, 5.41) is 3.73. The molecule has 0 aromatic carbocycles. The molecule has 2 aromatic rings. The molecule has 128 valence electrons. The third-order valence-electron chi connectivity index (χ3n) is 3.88. The molecule has 2 aromatic heterocycles. The molecule has 8 nitrogen and oxygen atoms in total. The number of amides is 1. The van der Waals surface area contributed by atoms with Crippen molar-refractivity contribution in [2.75, 3.05) is 26.8 Å². The van der Waals surface area contributed by atoms with Gasteiger partial charge >= 0.3 is 0 Å². The van der Waals surface area contributed by atoms with E-state index in [9.17, 15) is 4.79 Å². The SMILES string of the molecule is COc1cc(CCC(=O)N2CCO[C@H](c3ccnc(C)n3)C2)on1. The number of hydrogen-bond acceptors (Lipinski definition) is 7. The minimum absolute atomic E-state index is 0.0597. The van der Waals surface area contributed by atoms with Crippen LogP contribution in [0, 0.1) is 6.92 Å². The van der Waals surface area contributed by atoms with Crippen LogP contribution in [-0.2, 0) is 16.0 Å². The van der Waals surface area contributed by atoms with Crippen LogP contribution in [0.5, 0.6) is 5.88 Å². The molecule has 0 aliphatic carbocycles. The molecule has 1 amide bonds. The van der Waals surface area contributed by atoms with Crippen molar-refractivity contribution in [1.82, 2.24) is 20.0 Å². The summed E-state index contributed by atoms with van der Waals surface area (Å²) in [6, 6.07) is 3.52. The number of morpholine rings is 1. The summed E-state index contributed by atoms with van der Waals surface area (Å²) in [6.45, 7) is 3.41. The van der Waals surface area contributed by atoms with E-state index in [0.29, 0.717) is 50.0 Å². The Balaban J connectivity index is 1.56. The summed E-state index contributed by atoms with van der Waals surface area (Å²) in [6.07, 6.45) is 2.34. The normalized spacial score (nSPS) is 17.8. The predicted molar refractivity (Wildman–Crippen MR) is 83.4 cm³/mol. The van der Waals surface area contributed by atoms with E-state index in [0.717, 1.165) is 5.69 Å². The molecule has 1 aliphatic rings. The van der Waals surface area contributed by atoms with Gasteiger partial charge in [0.15, 0.2) is 0 Å². The lowest BCUT2D eigenvalue weighted by atomic mass is 10.1. The van der Waals surface area contributed by atoms with Gasteiger partial charge in [-0.15, -0.1) is 0 Å². The second-order valence-corrected chi connectivity index (χ2v) is 5.56. The molecule has 1 saturated heterocycles. The number of ether oxygens (including phenoxy) is 2. The van der Waals surface area contributed by atoms with Crippen molar-refractivity contribution in [3.63, 3.8) is 0 Å². The fraction of sp³-hybridized carbons (Fsp3) is 0.500. The molecule has 24 heavy (non-hydrogen) atoms. The van der Waals surface area contributed by atoms with Crippen molar-refractivity contribution < 1.29 is 18.8 Å². The van der Waals surface area contributed by atoms with Gasteiger partial charge in [-0.1, -0.05) is 0 Å². The highest BCUT2D eigenvalue weighted by molar-refractivity contribution is 5.76. The lowest BCUT2D eigenvalue weighted by molar-refractivity contribution is -0.139. The molecule has 0 N–H and O–H groups in total.